The Bertz CT molecular complexity index is 622. The van der Waals surface area contributed by atoms with Gasteiger partial charge in [-0.2, -0.15) is 5.10 Å². The number of hydrogen-bond donors (Lipinski definition) is 1. The van der Waals surface area contributed by atoms with Gasteiger partial charge >= 0.3 is 0 Å². The molecule has 0 bridgehead atoms. The number of para-hydroxylation sites is 1. The number of aryl methyl sites for hydroxylation is 1. The lowest BCUT2D eigenvalue weighted by Crippen LogP contribution is -2.28. The summed E-state index contributed by atoms with van der Waals surface area (Å²) in [5.74, 6) is 0.546. The highest BCUT2D eigenvalue weighted by atomic mass is 16.5. The number of rotatable bonds is 6. The summed E-state index contributed by atoms with van der Waals surface area (Å²) in [4.78, 5) is 12.1. The molecule has 1 aromatic carbocycles. The highest BCUT2D eigenvalue weighted by Gasteiger charge is 2.15. The van der Waals surface area contributed by atoms with E-state index in [1.807, 2.05) is 24.3 Å². The second-order valence-corrected chi connectivity index (χ2v) is 4.49. The molecule has 1 N–H and O–H groups in total. The fraction of sp³-hybridized carbons (Fsp3) is 0.333. The predicted molar refractivity (Wildman–Crippen MR) is 79.4 cm³/mol. The third-order valence-corrected chi connectivity index (χ3v) is 3.09. The van der Waals surface area contributed by atoms with Gasteiger partial charge in [-0.1, -0.05) is 12.1 Å². The van der Waals surface area contributed by atoms with Crippen molar-refractivity contribution in [3.8, 4) is 17.0 Å². The van der Waals surface area contributed by atoms with Crippen molar-refractivity contribution in [2.45, 2.75) is 0 Å². The molecule has 0 radical (unpaired) electrons. The lowest BCUT2D eigenvalue weighted by Gasteiger charge is -2.04. The molecule has 0 fully saturated rings. The van der Waals surface area contributed by atoms with E-state index >= 15 is 0 Å². The number of nitrogens with one attached hydrogen (secondary N) is 1. The second-order valence-electron chi connectivity index (χ2n) is 4.49. The summed E-state index contributed by atoms with van der Waals surface area (Å²) >= 11 is 0. The number of ether oxygens (including phenoxy) is 2. The quantitative estimate of drug-likeness (QED) is 0.818. The maximum Gasteiger partial charge on any atom is 0.269 e. The van der Waals surface area contributed by atoms with E-state index in [1.54, 1.807) is 32.0 Å². The molecule has 2 rings (SSSR count). The van der Waals surface area contributed by atoms with E-state index in [1.165, 1.54) is 0 Å². The molecule has 1 amide bonds. The van der Waals surface area contributed by atoms with Gasteiger partial charge in [0.1, 0.15) is 11.4 Å². The van der Waals surface area contributed by atoms with Gasteiger partial charge in [-0.15, -0.1) is 0 Å². The third-order valence-electron chi connectivity index (χ3n) is 3.09. The summed E-state index contributed by atoms with van der Waals surface area (Å²) in [6, 6.07) is 9.32. The zero-order chi connectivity index (χ0) is 15.2. The number of amides is 1. The molecule has 1 aromatic heterocycles. The summed E-state index contributed by atoms with van der Waals surface area (Å²) in [5, 5.41) is 7.16. The Kier molecular flexibility index (Phi) is 4.94. The molecule has 0 unspecified atom stereocenters. The Balaban J connectivity index is 2.24. The van der Waals surface area contributed by atoms with E-state index in [2.05, 4.69) is 10.4 Å². The summed E-state index contributed by atoms with van der Waals surface area (Å²) in [6.45, 7) is 0.938. The number of aromatic nitrogens is 2. The number of nitrogens with zero attached hydrogens (tertiary/aromatic N) is 2. The van der Waals surface area contributed by atoms with E-state index in [9.17, 15) is 4.79 Å². The van der Waals surface area contributed by atoms with Gasteiger partial charge in [0.15, 0.2) is 0 Å². The van der Waals surface area contributed by atoms with E-state index < -0.39 is 0 Å². The highest BCUT2D eigenvalue weighted by molar-refractivity contribution is 5.93. The van der Waals surface area contributed by atoms with Crippen molar-refractivity contribution in [3.63, 3.8) is 0 Å². The monoisotopic (exact) mass is 289 g/mol. The standard InChI is InChI=1S/C15H19N3O3/c1-18-13(15(19)16-8-9-20-2)10-12(17-18)11-6-4-5-7-14(11)21-3/h4-7,10H,8-9H2,1-3H3,(H,16,19). The normalized spacial score (nSPS) is 10.4. The van der Waals surface area contributed by atoms with Crippen LogP contribution in [-0.2, 0) is 11.8 Å². The topological polar surface area (TPSA) is 65.4 Å². The first-order chi connectivity index (χ1) is 10.2. The van der Waals surface area contributed by atoms with Gasteiger partial charge in [0.2, 0.25) is 0 Å². The molecule has 0 aliphatic rings. The molecule has 0 spiro atoms. The van der Waals surface area contributed by atoms with Crippen LogP contribution in [0.15, 0.2) is 30.3 Å². The van der Waals surface area contributed by atoms with Crippen LogP contribution in [0.5, 0.6) is 5.75 Å². The first-order valence-electron chi connectivity index (χ1n) is 6.62. The first-order valence-corrected chi connectivity index (χ1v) is 6.62. The van der Waals surface area contributed by atoms with E-state index in [0.29, 0.717) is 24.5 Å². The minimum absolute atomic E-state index is 0.178. The van der Waals surface area contributed by atoms with Gasteiger partial charge in [0, 0.05) is 26.3 Å². The molecule has 6 nitrogen and oxygen atoms in total. The van der Waals surface area contributed by atoms with Crippen molar-refractivity contribution in [1.29, 1.82) is 0 Å². The van der Waals surface area contributed by atoms with Crippen molar-refractivity contribution in [2.24, 2.45) is 7.05 Å². The average Bonchev–Trinajstić information content (AvgIpc) is 2.89. The maximum absolute atomic E-state index is 12.1. The van der Waals surface area contributed by atoms with Crippen LogP contribution in [0.3, 0.4) is 0 Å². The molecule has 1 heterocycles. The smallest absolute Gasteiger partial charge is 0.269 e. The van der Waals surface area contributed by atoms with Crippen LogP contribution in [0.25, 0.3) is 11.3 Å². The molecule has 0 saturated heterocycles. The van der Waals surface area contributed by atoms with Crippen LogP contribution < -0.4 is 10.1 Å². The Morgan fingerprint density at radius 2 is 2.10 bits per heavy atom. The van der Waals surface area contributed by atoms with Gasteiger partial charge in [-0.05, 0) is 18.2 Å². The lowest BCUT2D eigenvalue weighted by atomic mass is 10.1. The second kappa shape index (κ2) is 6.90. The summed E-state index contributed by atoms with van der Waals surface area (Å²) in [5.41, 5.74) is 2.05. The predicted octanol–water partition coefficient (Wildman–Crippen LogP) is 1.47. The molecule has 6 heteroatoms. The largest absolute Gasteiger partial charge is 0.496 e. The van der Waals surface area contributed by atoms with Crippen LogP contribution in [0, 0.1) is 0 Å². The average molecular weight is 289 g/mol. The minimum Gasteiger partial charge on any atom is -0.496 e. The summed E-state index contributed by atoms with van der Waals surface area (Å²) in [6.07, 6.45) is 0. The minimum atomic E-state index is -0.178. The number of benzene rings is 1. The first kappa shape index (κ1) is 15.1. The summed E-state index contributed by atoms with van der Waals surface area (Å²) < 4.78 is 11.8. The molecule has 0 aliphatic carbocycles. The fourth-order valence-electron chi connectivity index (χ4n) is 2.02. The zero-order valence-corrected chi connectivity index (χ0v) is 12.4. The van der Waals surface area contributed by atoms with Crippen LogP contribution in [0.4, 0.5) is 0 Å². The number of carbonyl (C=O) groups is 1. The molecule has 0 aliphatic heterocycles. The zero-order valence-electron chi connectivity index (χ0n) is 12.4. The number of hydrogen-bond acceptors (Lipinski definition) is 4. The van der Waals surface area contributed by atoms with E-state index in [0.717, 1.165) is 11.3 Å². The van der Waals surface area contributed by atoms with Crippen LogP contribution in [0.1, 0.15) is 10.5 Å². The summed E-state index contributed by atoms with van der Waals surface area (Å²) in [7, 11) is 4.94. The molecule has 0 atom stereocenters. The Morgan fingerprint density at radius 3 is 2.81 bits per heavy atom. The lowest BCUT2D eigenvalue weighted by molar-refractivity contribution is 0.0927. The van der Waals surface area contributed by atoms with Crippen LogP contribution in [-0.4, -0.2) is 43.1 Å². The molecular weight excluding hydrogens is 270 g/mol. The molecule has 21 heavy (non-hydrogen) atoms. The van der Waals surface area contributed by atoms with Crippen molar-refractivity contribution < 1.29 is 14.3 Å². The van der Waals surface area contributed by atoms with Gasteiger partial charge in [-0.25, -0.2) is 0 Å². The van der Waals surface area contributed by atoms with Crippen molar-refractivity contribution >= 4 is 5.91 Å². The molecule has 112 valence electrons. The van der Waals surface area contributed by atoms with Gasteiger partial charge in [-0.3, -0.25) is 9.48 Å². The molecular formula is C15H19N3O3. The number of methoxy groups -OCH3 is 2. The molecule has 0 saturated carbocycles. The Morgan fingerprint density at radius 1 is 1.33 bits per heavy atom. The van der Waals surface area contributed by atoms with E-state index in [-0.39, 0.29) is 5.91 Å². The van der Waals surface area contributed by atoms with Gasteiger partial charge in [0.25, 0.3) is 5.91 Å². The fourth-order valence-corrected chi connectivity index (χ4v) is 2.02. The van der Waals surface area contributed by atoms with E-state index in [4.69, 9.17) is 9.47 Å². The van der Waals surface area contributed by atoms with Crippen molar-refractivity contribution in [2.75, 3.05) is 27.4 Å². The number of carbonyl (C=O) groups excluding carboxylic acids is 1. The maximum atomic E-state index is 12.1. The van der Waals surface area contributed by atoms with Crippen LogP contribution >= 0.6 is 0 Å². The SMILES string of the molecule is COCCNC(=O)c1cc(-c2ccccc2OC)nn1C. The van der Waals surface area contributed by atoms with Crippen molar-refractivity contribution in [3.05, 3.63) is 36.0 Å². The highest BCUT2D eigenvalue weighted by Crippen LogP contribution is 2.28. The van der Waals surface area contributed by atoms with Gasteiger partial charge < -0.3 is 14.8 Å². The van der Waals surface area contributed by atoms with Gasteiger partial charge in [0.05, 0.1) is 19.4 Å². The Hall–Kier alpha value is -2.34. The van der Waals surface area contributed by atoms with Crippen molar-refractivity contribution in [1.82, 2.24) is 15.1 Å². The van der Waals surface area contributed by atoms with Crippen LogP contribution in [0.2, 0.25) is 0 Å². The third kappa shape index (κ3) is 3.41. The molecule has 2 aromatic rings. The Labute approximate surface area is 123 Å².